The molecule has 0 saturated carbocycles. The monoisotopic (exact) mass is 268 g/mol. The van der Waals surface area contributed by atoms with Crippen molar-refractivity contribution in [3.8, 4) is 0 Å². The van der Waals surface area contributed by atoms with Crippen molar-refractivity contribution in [3.05, 3.63) is 16.5 Å². The lowest BCUT2D eigenvalue weighted by atomic mass is 10.2. The van der Waals surface area contributed by atoms with Gasteiger partial charge in [-0.2, -0.15) is 0 Å². The Hall–Kier alpha value is -1.69. The number of aryl methyl sites for hydroxylation is 1. The second-order valence-electron chi connectivity index (χ2n) is 4.08. The Morgan fingerprint density at radius 2 is 2.22 bits per heavy atom. The Morgan fingerprint density at radius 1 is 1.50 bits per heavy atom. The van der Waals surface area contributed by atoms with Gasteiger partial charge in [0.2, 0.25) is 5.91 Å². The van der Waals surface area contributed by atoms with E-state index in [1.54, 1.807) is 18.7 Å². The van der Waals surface area contributed by atoms with Crippen LogP contribution in [0, 0.1) is 6.92 Å². The van der Waals surface area contributed by atoms with Gasteiger partial charge in [-0.25, -0.2) is 9.97 Å². The molecule has 1 aliphatic heterocycles. The van der Waals surface area contributed by atoms with E-state index in [0.717, 1.165) is 0 Å². The number of halogens is 1. The molecule has 1 aliphatic rings. The lowest BCUT2D eigenvalue weighted by Crippen LogP contribution is -2.54. The third kappa shape index (κ3) is 2.15. The molecule has 0 spiro atoms. The third-order valence-corrected chi connectivity index (χ3v) is 3.17. The van der Waals surface area contributed by atoms with Gasteiger partial charge in [-0.1, -0.05) is 11.6 Å². The summed E-state index contributed by atoms with van der Waals surface area (Å²) >= 11 is 5.93. The van der Waals surface area contributed by atoms with Crippen LogP contribution >= 0.6 is 11.6 Å². The predicted molar refractivity (Wildman–Crippen MR) is 67.0 cm³/mol. The molecule has 6 nitrogen and oxygen atoms in total. The van der Waals surface area contributed by atoms with Crippen LogP contribution < -0.4 is 10.2 Å². The molecule has 1 N–H and O–H groups in total. The van der Waals surface area contributed by atoms with Crippen LogP contribution in [0.1, 0.15) is 23.1 Å². The topological polar surface area (TPSA) is 75.2 Å². The second kappa shape index (κ2) is 4.89. The lowest BCUT2D eigenvalue weighted by Gasteiger charge is -2.34. The Labute approximate surface area is 109 Å². The molecule has 1 unspecified atom stereocenters. The highest BCUT2D eigenvalue weighted by Gasteiger charge is 2.29. The van der Waals surface area contributed by atoms with Crippen molar-refractivity contribution in [2.75, 3.05) is 18.0 Å². The van der Waals surface area contributed by atoms with Gasteiger partial charge >= 0.3 is 0 Å². The normalized spacial score (nSPS) is 19.6. The fourth-order valence-electron chi connectivity index (χ4n) is 1.93. The first kappa shape index (κ1) is 12.8. The average molecular weight is 269 g/mol. The molecule has 1 saturated heterocycles. The Morgan fingerprint density at radius 3 is 2.89 bits per heavy atom. The Kier molecular flexibility index (Phi) is 3.47. The molecule has 1 amide bonds. The number of nitrogens with one attached hydrogen (secondary N) is 1. The first-order valence-electron chi connectivity index (χ1n) is 5.58. The predicted octanol–water partition coefficient (Wildman–Crippen LogP) is 0.576. The van der Waals surface area contributed by atoms with Crippen molar-refractivity contribution < 1.29 is 9.59 Å². The van der Waals surface area contributed by atoms with Crippen LogP contribution in [0.3, 0.4) is 0 Å². The number of aldehydes is 1. The maximum atomic E-state index is 11.6. The van der Waals surface area contributed by atoms with Crippen molar-refractivity contribution in [2.24, 2.45) is 0 Å². The van der Waals surface area contributed by atoms with E-state index in [1.165, 1.54) is 0 Å². The number of carbonyl (C=O) groups is 2. The number of rotatable bonds is 2. The van der Waals surface area contributed by atoms with Gasteiger partial charge in [0.15, 0.2) is 6.29 Å². The van der Waals surface area contributed by atoms with E-state index in [2.05, 4.69) is 15.3 Å². The van der Waals surface area contributed by atoms with Crippen molar-refractivity contribution in [1.29, 1.82) is 0 Å². The van der Waals surface area contributed by atoms with Crippen LogP contribution in [0.15, 0.2) is 0 Å². The minimum atomic E-state index is -0.386. The number of hydrogen-bond donors (Lipinski definition) is 1. The van der Waals surface area contributed by atoms with E-state index in [0.29, 0.717) is 31.0 Å². The molecule has 1 aromatic rings. The Bertz CT molecular complexity index is 506. The van der Waals surface area contributed by atoms with Crippen LogP contribution in [-0.2, 0) is 4.79 Å². The van der Waals surface area contributed by atoms with Crippen molar-refractivity contribution in [2.45, 2.75) is 19.9 Å². The molecule has 1 fully saturated rings. The zero-order valence-electron chi connectivity index (χ0n) is 10.1. The molecule has 2 rings (SSSR count). The highest BCUT2D eigenvalue weighted by Crippen LogP contribution is 2.25. The standard InChI is InChI=1S/C11H13ClN4O2/c1-6-11(18)13-3-4-16(6)10-8(5-17)9(12)14-7(2)15-10/h5-6H,3-4H2,1-2H3,(H,13,18). The van der Waals surface area contributed by atoms with Crippen molar-refractivity contribution in [3.63, 3.8) is 0 Å². The highest BCUT2D eigenvalue weighted by molar-refractivity contribution is 6.32. The Balaban J connectivity index is 2.49. The van der Waals surface area contributed by atoms with Gasteiger partial charge in [-0.05, 0) is 13.8 Å². The van der Waals surface area contributed by atoms with Gasteiger partial charge in [0.25, 0.3) is 0 Å². The first-order chi connectivity index (χ1) is 8.54. The number of amides is 1. The van der Waals surface area contributed by atoms with Crippen LogP contribution in [0.4, 0.5) is 5.82 Å². The number of hydrogen-bond acceptors (Lipinski definition) is 5. The van der Waals surface area contributed by atoms with Gasteiger partial charge in [-0.3, -0.25) is 9.59 Å². The smallest absolute Gasteiger partial charge is 0.242 e. The molecule has 18 heavy (non-hydrogen) atoms. The minimum absolute atomic E-state index is 0.0921. The van der Waals surface area contributed by atoms with Gasteiger partial charge in [0, 0.05) is 13.1 Å². The summed E-state index contributed by atoms with van der Waals surface area (Å²) in [6.45, 7) is 4.55. The van der Waals surface area contributed by atoms with E-state index in [9.17, 15) is 9.59 Å². The molecular formula is C11H13ClN4O2. The summed E-state index contributed by atoms with van der Waals surface area (Å²) in [5, 5.41) is 2.87. The highest BCUT2D eigenvalue weighted by atomic mass is 35.5. The van der Waals surface area contributed by atoms with Gasteiger partial charge < -0.3 is 10.2 Å². The molecule has 2 heterocycles. The summed E-state index contributed by atoms with van der Waals surface area (Å²) in [7, 11) is 0. The fourth-order valence-corrected chi connectivity index (χ4v) is 2.18. The van der Waals surface area contributed by atoms with Gasteiger partial charge in [-0.15, -0.1) is 0 Å². The van der Waals surface area contributed by atoms with E-state index < -0.39 is 0 Å². The van der Waals surface area contributed by atoms with Crippen LogP contribution in [0.5, 0.6) is 0 Å². The van der Waals surface area contributed by atoms with E-state index >= 15 is 0 Å². The molecule has 1 atom stereocenters. The summed E-state index contributed by atoms with van der Waals surface area (Å²) in [5.41, 5.74) is 0.226. The van der Waals surface area contributed by atoms with E-state index in [4.69, 9.17) is 11.6 Å². The molecule has 0 radical (unpaired) electrons. The molecule has 96 valence electrons. The summed E-state index contributed by atoms with van der Waals surface area (Å²) in [4.78, 5) is 32.7. The molecule has 7 heteroatoms. The summed E-state index contributed by atoms with van der Waals surface area (Å²) < 4.78 is 0. The fraction of sp³-hybridized carbons (Fsp3) is 0.455. The number of aromatic nitrogens is 2. The van der Waals surface area contributed by atoms with Crippen molar-refractivity contribution >= 4 is 29.6 Å². The van der Waals surface area contributed by atoms with Crippen LogP contribution in [0.2, 0.25) is 5.15 Å². The maximum absolute atomic E-state index is 11.6. The van der Waals surface area contributed by atoms with Crippen LogP contribution in [-0.4, -0.2) is 41.3 Å². The molecule has 0 aromatic carbocycles. The van der Waals surface area contributed by atoms with Crippen LogP contribution in [0.25, 0.3) is 0 Å². The van der Waals surface area contributed by atoms with Gasteiger partial charge in [0.1, 0.15) is 22.8 Å². The number of nitrogens with zero attached hydrogens (tertiary/aromatic N) is 3. The first-order valence-corrected chi connectivity index (χ1v) is 5.96. The largest absolute Gasteiger partial charge is 0.353 e. The molecule has 0 bridgehead atoms. The average Bonchev–Trinajstić information content (AvgIpc) is 2.32. The molecular weight excluding hydrogens is 256 g/mol. The minimum Gasteiger partial charge on any atom is -0.353 e. The molecule has 0 aliphatic carbocycles. The SMILES string of the molecule is Cc1nc(Cl)c(C=O)c(N2CCNC(=O)C2C)n1. The summed E-state index contributed by atoms with van der Waals surface area (Å²) in [6, 6.07) is -0.386. The molecule has 1 aromatic heterocycles. The lowest BCUT2D eigenvalue weighted by molar-refractivity contribution is -0.122. The summed E-state index contributed by atoms with van der Waals surface area (Å²) in [6.07, 6.45) is 0.621. The maximum Gasteiger partial charge on any atom is 0.242 e. The summed E-state index contributed by atoms with van der Waals surface area (Å²) in [5.74, 6) is 0.800. The van der Waals surface area contributed by atoms with Gasteiger partial charge in [0.05, 0.1) is 5.56 Å². The van der Waals surface area contributed by atoms with Crippen molar-refractivity contribution in [1.82, 2.24) is 15.3 Å². The van der Waals surface area contributed by atoms with E-state index in [-0.39, 0.29) is 22.7 Å². The van der Waals surface area contributed by atoms with E-state index in [1.807, 2.05) is 0 Å². The number of piperazine rings is 1. The zero-order valence-corrected chi connectivity index (χ0v) is 10.9. The zero-order chi connectivity index (χ0) is 13.3. The quantitative estimate of drug-likeness (QED) is 0.627. The third-order valence-electron chi connectivity index (χ3n) is 2.88. The number of anilines is 1. The second-order valence-corrected chi connectivity index (χ2v) is 4.44. The number of carbonyl (C=O) groups excluding carboxylic acids is 2.